The van der Waals surface area contributed by atoms with Crippen LogP contribution in [0.5, 0.6) is 11.5 Å². The minimum atomic E-state index is 0.355. The third kappa shape index (κ3) is 2.90. The van der Waals surface area contributed by atoms with Crippen molar-refractivity contribution in [1.82, 2.24) is 0 Å². The van der Waals surface area contributed by atoms with Gasteiger partial charge < -0.3 is 9.84 Å². The summed E-state index contributed by atoms with van der Waals surface area (Å²) in [5, 5.41) is 9.91. The van der Waals surface area contributed by atoms with Crippen molar-refractivity contribution >= 4 is 0 Å². The number of hydrogen-bond donors (Lipinski definition) is 1. The number of allylic oxidation sites excluding steroid dienone is 1. The molecule has 4 aliphatic carbocycles. The third-order valence-corrected chi connectivity index (χ3v) is 9.49. The van der Waals surface area contributed by atoms with Crippen LogP contribution in [0.1, 0.15) is 61.5 Å². The van der Waals surface area contributed by atoms with Gasteiger partial charge in [0.2, 0.25) is 0 Å². The van der Waals surface area contributed by atoms with Crippen LogP contribution in [-0.2, 0) is 0 Å². The fraction of sp³-hybridized carbons (Fsp3) is 0.517. The van der Waals surface area contributed by atoms with Gasteiger partial charge in [-0.2, -0.15) is 0 Å². The number of methoxy groups -OCH3 is 1. The van der Waals surface area contributed by atoms with Gasteiger partial charge in [-0.15, -0.1) is 0 Å². The number of rotatable bonds is 3. The first-order chi connectivity index (χ1) is 15.2. The highest BCUT2D eigenvalue weighted by Crippen LogP contribution is 2.71. The molecule has 2 aromatic rings. The number of ether oxygens (including phenoxy) is 1. The van der Waals surface area contributed by atoms with Crippen molar-refractivity contribution in [2.75, 3.05) is 7.11 Å². The Hall–Kier alpha value is -2.22. The van der Waals surface area contributed by atoms with E-state index >= 15 is 0 Å². The molecule has 0 amide bonds. The van der Waals surface area contributed by atoms with Gasteiger partial charge in [0.15, 0.2) is 0 Å². The minimum Gasteiger partial charge on any atom is -0.508 e. The first kappa shape index (κ1) is 19.5. The standard InChI is InChI=1S/C29H34O2/c1-17-25(19-9-13-21(30)14-10-19)28-23-7-3-5-18-6-4-8-24(27(18)23)29(28)26(17)20-11-15-22(31-2)16-12-20/h9-16,18,23-30H,1,3-8H2,2H3. The Kier molecular flexibility index (Phi) is 4.67. The first-order valence-electron chi connectivity index (χ1n) is 12.3. The van der Waals surface area contributed by atoms with E-state index in [9.17, 15) is 5.11 Å². The highest BCUT2D eigenvalue weighted by atomic mass is 16.5. The topological polar surface area (TPSA) is 29.5 Å². The molecule has 0 heterocycles. The largest absolute Gasteiger partial charge is 0.508 e. The second-order valence-electron chi connectivity index (χ2n) is 10.6. The monoisotopic (exact) mass is 414 g/mol. The van der Waals surface area contributed by atoms with Gasteiger partial charge >= 0.3 is 0 Å². The maximum Gasteiger partial charge on any atom is 0.118 e. The van der Waals surface area contributed by atoms with Crippen LogP contribution in [0.15, 0.2) is 60.7 Å². The molecule has 2 nitrogen and oxygen atoms in total. The Bertz CT molecular complexity index is 957. The molecule has 2 heteroatoms. The number of aromatic hydroxyl groups is 1. The molecule has 8 unspecified atom stereocenters. The highest BCUT2D eigenvalue weighted by molar-refractivity contribution is 5.46. The molecule has 0 aromatic heterocycles. The molecule has 4 aliphatic rings. The van der Waals surface area contributed by atoms with Gasteiger partial charge in [-0.05, 0) is 83.7 Å². The number of phenolic OH excluding ortho intramolecular Hbond substituents is 1. The molecule has 0 aliphatic heterocycles. The second-order valence-corrected chi connectivity index (χ2v) is 10.6. The summed E-state index contributed by atoms with van der Waals surface area (Å²) >= 11 is 0. The SMILES string of the molecule is C=C1C(c2ccc(O)cc2)C2C3CCCC4CCCC(C43)C2C1c1ccc(OC)cc1. The summed E-state index contributed by atoms with van der Waals surface area (Å²) in [6.45, 7) is 4.77. The van der Waals surface area contributed by atoms with Gasteiger partial charge in [-0.25, -0.2) is 0 Å². The molecule has 1 N–H and O–H groups in total. The van der Waals surface area contributed by atoms with Crippen molar-refractivity contribution in [2.45, 2.75) is 50.4 Å². The van der Waals surface area contributed by atoms with Crippen LogP contribution in [0, 0.1) is 35.5 Å². The van der Waals surface area contributed by atoms with E-state index in [4.69, 9.17) is 11.3 Å². The van der Waals surface area contributed by atoms with E-state index in [-0.39, 0.29) is 0 Å². The maximum absolute atomic E-state index is 9.91. The van der Waals surface area contributed by atoms with Gasteiger partial charge in [0, 0.05) is 11.8 Å². The van der Waals surface area contributed by atoms with Gasteiger partial charge in [-0.1, -0.05) is 62.1 Å². The molecule has 8 atom stereocenters. The predicted molar refractivity (Wildman–Crippen MR) is 124 cm³/mol. The number of phenols is 1. The van der Waals surface area contributed by atoms with Crippen molar-refractivity contribution in [2.24, 2.45) is 35.5 Å². The average Bonchev–Trinajstić information content (AvgIpc) is 3.28. The lowest BCUT2D eigenvalue weighted by Crippen LogP contribution is -2.35. The van der Waals surface area contributed by atoms with E-state index in [0.717, 1.165) is 29.4 Å². The molecule has 31 heavy (non-hydrogen) atoms. The molecule has 2 aromatic carbocycles. The quantitative estimate of drug-likeness (QED) is 0.553. The molecule has 4 fully saturated rings. The molecule has 162 valence electrons. The fourth-order valence-corrected chi connectivity index (χ4v) is 8.62. The summed E-state index contributed by atoms with van der Waals surface area (Å²) in [6.07, 6.45) is 8.53. The van der Waals surface area contributed by atoms with Crippen LogP contribution in [0.3, 0.4) is 0 Å². The summed E-state index contributed by atoms with van der Waals surface area (Å²) in [5.74, 6) is 7.09. The Balaban J connectivity index is 1.47. The summed E-state index contributed by atoms with van der Waals surface area (Å²) in [7, 11) is 1.74. The zero-order valence-corrected chi connectivity index (χ0v) is 18.5. The van der Waals surface area contributed by atoms with Crippen molar-refractivity contribution < 1.29 is 9.84 Å². The molecule has 0 spiro atoms. The molecule has 6 rings (SSSR count). The number of benzene rings is 2. The Morgan fingerprint density at radius 3 is 1.77 bits per heavy atom. The lowest BCUT2D eigenvalue weighted by atomic mass is 9.61. The zero-order chi connectivity index (χ0) is 21.1. The molecule has 0 bridgehead atoms. The number of fused-ring (bicyclic) bond motifs is 3. The summed E-state index contributed by atoms with van der Waals surface area (Å²) < 4.78 is 5.44. The predicted octanol–water partition coefficient (Wildman–Crippen LogP) is 6.92. The van der Waals surface area contributed by atoms with Crippen LogP contribution in [0.25, 0.3) is 0 Å². The van der Waals surface area contributed by atoms with Crippen molar-refractivity contribution in [3.63, 3.8) is 0 Å². The third-order valence-electron chi connectivity index (χ3n) is 9.49. The van der Waals surface area contributed by atoms with E-state index in [1.54, 1.807) is 7.11 Å². The molecular weight excluding hydrogens is 380 g/mol. The van der Waals surface area contributed by atoms with Gasteiger partial charge in [0.05, 0.1) is 7.11 Å². The minimum absolute atomic E-state index is 0.355. The van der Waals surface area contributed by atoms with Crippen LogP contribution >= 0.6 is 0 Å². The lowest BCUT2D eigenvalue weighted by molar-refractivity contribution is 0.0763. The lowest BCUT2D eigenvalue weighted by Gasteiger charge is -2.43. The Morgan fingerprint density at radius 1 is 0.742 bits per heavy atom. The summed E-state index contributed by atoms with van der Waals surface area (Å²) in [6, 6.07) is 16.9. The Labute approximate surface area is 186 Å². The second kappa shape index (κ2) is 7.43. The zero-order valence-electron chi connectivity index (χ0n) is 18.5. The molecule has 4 saturated carbocycles. The van der Waals surface area contributed by atoms with E-state index in [1.165, 1.54) is 55.2 Å². The normalized spacial score (nSPS) is 38.5. The summed E-state index contributed by atoms with van der Waals surface area (Å²) in [5.41, 5.74) is 4.18. The average molecular weight is 415 g/mol. The van der Waals surface area contributed by atoms with Crippen molar-refractivity contribution in [1.29, 1.82) is 0 Å². The van der Waals surface area contributed by atoms with Crippen molar-refractivity contribution in [3.05, 3.63) is 71.8 Å². The van der Waals surface area contributed by atoms with E-state index in [0.29, 0.717) is 29.4 Å². The smallest absolute Gasteiger partial charge is 0.118 e. The van der Waals surface area contributed by atoms with Crippen LogP contribution < -0.4 is 4.74 Å². The van der Waals surface area contributed by atoms with Crippen LogP contribution in [-0.4, -0.2) is 12.2 Å². The van der Waals surface area contributed by atoms with Gasteiger partial charge in [-0.3, -0.25) is 0 Å². The molecule has 0 saturated heterocycles. The summed E-state index contributed by atoms with van der Waals surface area (Å²) in [4.78, 5) is 0. The fourth-order valence-electron chi connectivity index (χ4n) is 8.62. The molecule has 0 radical (unpaired) electrons. The van der Waals surface area contributed by atoms with Gasteiger partial charge in [0.1, 0.15) is 11.5 Å². The molecular formula is C29H34O2. The van der Waals surface area contributed by atoms with E-state index in [2.05, 4.69) is 36.4 Å². The Morgan fingerprint density at radius 2 is 1.26 bits per heavy atom. The number of hydrogen-bond acceptors (Lipinski definition) is 2. The van der Waals surface area contributed by atoms with E-state index in [1.807, 2.05) is 12.1 Å². The van der Waals surface area contributed by atoms with Crippen LogP contribution in [0.2, 0.25) is 0 Å². The van der Waals surface area contributed by atoms with Crippen molar-refractivity contribution in [3.8, 4) is 11.5 Å². The highest BCUT2D eigenvalue weighted by Gasteiger charge is 2.62. The van der Waals surface area contributed by atoms with E-state index < -0.39 is 0 Å². The van der Waals surface area contributed by atoms with Gasteiger partial charge in [0.25, 0.3) is 0 Å². The maximum atomic E-state index is 9.91. The van der Waals surface area contributed by atoms with Crippen LogP contribution in [0.4, 0.5) is 0 Å². The first-order valence-corrected chi connectivity index (χ1v) is 12.3.